The topological polar surface area (TPSA) is 48.1 Å². The van der Waals surface area contributed by atoms with Crippen LogP contribution in [0.2, 0.25) is 0 Å². The number of para-hydroxylation sites is 1. The molecule has 1 aromatic heterocycles. The molecular weight excluding hydrogens is 214 g/mol. The van der Waals surface area contributed by atoms with Crippen molar-refractivity contribution in [1.82, 2.24) is 15.2 Å². The molecule has 1 atom stereocenters. The molecule has 17 heavy (non-hydrogen) atoms. The second kappa shape index (κ2) is 3.80. The van der Waals surface area contributed by atoms with Crippen molar-refractivity contribution in [3.05, 3.63) is 36.0 Å². The standard InChI is InChI=1S/C13H15N3O/c1-2-16-8-12(15-13(16)17)10-7-14-11-6-4-3-5-9(10)11/h3-7,12,14H,2,8H2,1H3,(H,15,17). The van der Waals surface area contributed by atoms with Crippen LogP contribution in [0.1, 0.15) is 18.5 Å². The van der Waals surface area contributed by atoms with E-state index in [0.717, 1.165) is 18.6 Å². The van der Waals surface area contributed by atoms with Crippen LogP contribution in [-0.4, -0.2) is 29.0 Å². The van der Waals surface area contributed by atoms with Gasteiger partial charge in [0.1, 0.15) is 0 Å². The van der Waals surface area contributed by atoms with Gasteiger partial charge in [0.05, 0.1) is 6.04 Å². The lowest BCUT2D eigenvalue weighted by Crippen LogP contribution is -2.27. The van der Waals surface area contributed by atoms with Gasteiger partial charge in [0, 0.05) is 35.8 Å². The van der Waals surface area contributed by atoms with E-state index in [4.69, 9.17) is 0 Å². The van der Waals surface area contributed by atoms with Crippen molar-refractivity contribution in [3.8, 4) is 0 Å². The van der Waals surface area contributed by atoms with E-state index in [2.05, 4.69) is 16.4 Å². The van der Waals surface area contributed by atoms with E-state index in [0.29, 0.717) is 0 Å². The highest BCUT2D eigenvalue weighted by Crippen LogP contribution is 2.27. The number of rotatable bonds is 2. The highest BCUT2D eigenvalue weighted by atomic mass is 16.2. The minimum Gasteiger partial charge on any atom is -0.361 e. The van der Waals surface area contributed by atoms with Gasteiger partial charge in [-0.15, -0.1) is 0 Å². The molecule has 2 heterocycles. The first-order chi connectivity index (χ1) is 8.29. The molecule has 0 spiro atoms. The molecule has 0 bridgehead atoms. The number of benzene rings is 1. The summed E-state index contributed by atoms with van der Waals surface area (Å²) in [6.45, 7) is 3.50. The lowest BCUT2D eigenvalue weighted by molar-refractivity contribution is 0.219. The monoisotopic (exact) mass is 229 g/mol. The average Bonchev–Trinajstić information content (AvgIpc) is 2.92. The van der Waals surface area contributed by atoms with E-state index >= 15 is 0 Å². The Balaban J connectivity index is 1.97. The van der Waals surface area contributed by atoms with Gasteiger partial charge in [-0.05, 0) is 13.0 Å². The van der Waals surface area contributed by atoms with Crippen LogP contribution < -0.4 is 5.32 Å². The second-order valence-electron chi connectivity index (χ2n) is 4.33. The second-order valence-corrected chi connectivity index (χ2v) is 4.33. The fraction of sp³-hybridized carbons (Fsp3) is 0.308. The molecule has 1 aliphatic heterocycles. The number of amides is 2. The molecule has 1 aromatic carbocycles. The van der Waals surface area contributed by atoms with Gasteiger partial charge in [-0.1, -0.05) is 18.2 Å². The van der Waals surface area contributed by atoms with Crippen molar-refractivity contribution < 1.29 is 4.79 Å². The number of hydrogen-bond donors (Lipinski definition) is 2. The zero-order chi connectivity index (χ0) is 11.8. The van der Waals surface area contributed by atoms with Crippen molar-refractivity contribution in [2.75, 3.05) is 13.1 Å². The fourth-order valence-corrected chi connectivity index (χ4v) is 2.42. The summed E-state index contributed by atoms with van der Waals surface area (Å²) in [5.74, 6) is 0. The van der Waals surface area contributed by atoms with Crippen LogP contribution in [0.3, 0.4) is 0 Å². The molecular formula is C13H15N3O. The summed E-state index contributed by atoms with van der Waals surface area (Å²) in [5.41, 5.74) is 2.29. The number of hydrogen-bond acceptors (Lipinski definition) is 1. The van der Waals surface area contributed by atoms with Gasteiger partial charge in [0.25, 0.3) is 0 Å². The van der Waals surface area contributed by atoms with Crippen molar-refractivity contribution in [1.29, 1.82) is 0 Å². The Morgan fingerprint density at radius 2 is 2.24 bits per heavy atom. The number of carbonyl (C=O) groups excluding carboxylic acids is 1. The van der Waals surface area contributed by atoms with Crippen molar-refractivity contribution in [2.45, 2.75) is 13.0 Å². The molecule has 4 heteroatoms. The van der Waals surface area contributed by atoms with E-state index in [9.17, 15) is 4.79 Å². The molecule has 1 saturated heterocycles. The molecule has 0 radical (unpaired) electrons. The molecule has 0 aliphatic carbocycles. The maximum atomic E-state index is 11.7. The zero-order valence-corrected chi connectivity index (χ0v) is 9.73. The molecule has 2 aromatic rings. The maximum absolute atomic E-state index is 11.7. The van der Waals surface area contributed by atoms with Gasteiger partial charge < -0.3 is 15.2 Å². The molecule has 3 rings (SSSR count). The molecule has 2 amide bonds. The third-order valence-electron chi connectivity index (χ3n) is 3.37. The van der Waals surface area contributed by atoms with Crippen molar-refractivity contribution in [2.24, 2.45) is 0 Å². The normalized spacial score (nSPS) is 19.9. The van der Waals surface area contributed by atoms with Gasteiger partial charge in [0.15, 0.2) is 0 Å². The van der Waals surface area contributed by atoms with Crippen molar-refractivity contribution in [3.63, 3.8) is 0 Å². The minimum absolute atomic E-state index is 0.0304. The van der Waals surface area contributed by atoms with E-state index in [1.54, 1.807) is 0 Å². The Kier molecular flexibility index (Phi) is 2.28. The van der Waals surface area contributed by atoms with Gasteiger partial charge in [-0.3, -0.25) is 0 Å². The van der Waals surface area contributed by atoms with Crippen LogP contribution in [-0.2, 0) is 0 Å². The van der Waals surface area contributed by atoms with Gasteiger partial charge in [0.2, 0.25) is 0 Å². The summed E-state index contributed by atoms with van der Waals surface area (Å²) >= 11 is 0. The van der Waals surface area contributed by atoms with Gasteiger partial charge >= 0.3 is 6.03 Å². The number of aromatic nitrogens is 1. The lowest BCUT2D eigenvalue weighted by atomic mass is 10.1. The Bertz CT molecular complexity index is 561. The summed E-state index contributed by atoms with van der Waals surface area (Å²) in [6, 6.07) is 8.29. The molecule has 4 nitrogen and oxygen atoms in total. The fourth-order valence-electron chi connectivity index (χ4n) is 2.42. The molecule has 1 fully saturated rings. The van der Waals surface area contributed by atoms with E-state index in [-0.39, 0.29) is 12.1 Å². The predicted molar refractivity (Wildman–Crippen MR) is 66.8 cm³/mol. The van der Waals surface area contributed by atoms with E-state index in [1.165, 1.54) is 10.9 Å². The lowest BCUT2D eigenvalue weighted by Gasteiger charge is -2.10. The third-order valence-corrected chi connectivity index (χ3v) is 3.37. The smallest absolute Gasteiger partial charge is 0.318 e. The highest BCUT2D eigenvalue weighted by Gasteiger charge is 2.29. The first-order valence-electron chi connectivity index (χ1n) is 5.91. The largest absolute Gasteiger partial charge is 0.361 e. The summed E-state index contributed by atoms with van der Waals surface area (Å²) in [7, 11) is 0. The third kappa shape index (κ3) is 1.56. The predicted octanol–water partition coefficient (Wildman–Crippen LogP) is 2.25. The summed E-state index contributed by atoms with van der Waals surface area (Å²) in [5, 5.41) is 4.21. The minimum atomic E-state index is 0.0304. The van der Waals surface area contributed by atoms with Crippen LogP contribution in [0, 0.1) is 0 Å². The number of carbonyl (C=O) groups is 1. The Morgan fingerprint density at radius 3 is 3.00 bits per heavy atom. The molecule has 1 unspecified atom stereocenters. The SMILES string of the molecule is CCN1CC(c2c[nH]c3ccccc23)NC1=O. The molecule has 88 valence electrons. The number of nitrogens with one attached hydrogen (secondary N) is 2. The molecule has 2 N–H and O–H groups in total. The summed E-state index contributed by atoms with van der Waals surface area (Å²) in [4.78, 5) is 16.7. The zero-order valence-electron chi connectivity index (χ0n) is 9.73. The van der Waals surface area contributed by atoms with Crippen molar-refractivity contribution >= 4 is 16.9 Å². The van der Waals surface area contributed by atoms with Crippen LogP contribution >= 0.6 is 0 Å². The van der Waals surface area contributed by atoms with E-state index in [1.807, 2.05) is 36.2 Å². The molecule has 0 saturated carbocycles. The number of H-pyrrole nitrogens is 1. The number of fused-ring (bicyclic) bond motifs is 1. The summed E-state index contributed by atoms with van der Waals surface area (Å²) in [6.07, 6.45) is 1.99. The quantitative estimate of drug-likeness (QED) is 0.815. The van der Waals surface area contributed by atoms with E-state index < -0.39 is 0 Å². The van der Waals surface area contributed by atoms with Gasteiger partial charge in [-0.25, -0.2) is 4.79 Å². The molecule has 1 aliphatic rings. The Hall–Kier alpha value is -1.97. The number of nitrogens with zero attached hydrogens (tertiary/aromatic N) is 1. The number of urea groups is 1. The summed E-state index contributed by atoms with van der Waals surface area (Å²) < 4.78 is 0. The maximum Gasteiger partial charge on any atom is 0.318 e. The Morgan fingerprint density at radius 1 is 1.41 bits per heavy atom. The van der Waals surface area contributed by atoms with Crippen LogP contribution in [0.15, 0.2) is 30.5 Å². The number of likely N-dealkylation sites (N-methyl/N-ethyl adjacent to an activating group) is 1. The van der Waals surface area contributed by atoms with Crippen LogP contribution in [0.5, 0.6) is 0 Å². The van der Waals surface area contributed by atoms with Gasteiger partial charge in [-0.2, -0.15) is 0 Å². The first kappa shape index (κ1) is 10.2. The first-order valence-corrected chi connectivity index (χ1v) is 5.91. The van der Waals surface area contributed by atoms with Crippen LogP contribution in [0.4, 0.5) is 4.79 Å². The number of aromatic amines is 1. The average molecular weight is 229 g/mol. The van der Waals surface area contributed by atoms with Crippen LogP contribution in [0.25, 0.3) is 10.9 Å². The Labute approximate surface area is 99.6 Å². The highest BCUT2D eigenvalue weighted by molar-refractivity contribution is 5.85.